The van der Waals surface area contributed by atoms with Crippen LogP contribution in [0.15, 0.2) is 0 Å². The van der Waals surface area contributed by atoms with Gasteiger partial charge in [0, 0.05) is 0 Å². The Hall–Kier alpha value is 0.415. The van der Waals surface area contributed by atoms with Gasteiger partial charge in [-0.2, -0.15) is 11.8 Å². The third-order valence-corrected chi connectivity index (χ3v) is 1.49. The fraction of sp³-hybridized carbons (Fsp3) is 1.00. The average Bonchev–Trinajstić information content (AvgIpc) is 1.64. The third-order valence-electron chi connectivity index (χ3n) is 1.49. The molecule has 0 aliphatic carbocycles. The summed E-state index contributed by atoms with van der Waals surface area (Å²) >= 11 is 1.75. The second-order valence-corrected chi connectivity index (χ2v) is 4.20. The fourth-order valence-electron chi connectivity index (χ4n) is 0. The van der Waals surface area contributed by atoms with E-state index < -0.39 is 0 Å². The van der Waals surface area contributed by atoms with Crippen LogP contribution in [0.2, 0.25) is 5.31 Å². The van der Waals surface area contributed by atoms with E-state index in [1.54, 1.807) is 11.8 Å². The second kappa shape index (κ2) is 6.15. The number of rotatable bonds is 1. The van der Waals surface area contributed by atoms with E-state index in [1.807, 2.05) is 26.4 Å². The number of hydrogen-bond donors (Lipinski definition) is 0. The van der Waals surface area contributed by atoms with Crippen LogP contribution in [0.25, 0.3) is 0 Å². The molecule has 0 aliphatic heterocycles. The van der Waals surface area contributed by atoms with E-state index in [1.165, 1.54) is 0 Å². The molecule has 2 heteroatoms. The SMILES string of the molecule is CSC.[B]C(C)(C)C(C)C. The van der Waals surface area contributed by atoms with Gasteiger partial charge >= 0.3 is 0 Å². The largest absolute Gasteiger partial charge is 0.169 e. The topological polar surface area (TPSA) is 0 Å². The summed E-state index contributed by atoms with van der Waals surface area (Å²) in [6.45, 7) is 8.33. The zero-order chi connectivity index (χ0) is 8.78. The molecule has 0 saturated heterocycles. The van der Waals surface area contributed by atoms with Crippen molar-refractivity contribution in [3.8, 4) is 0 Å². The molecule has 0 amide bonds. The van der Waals surface area contributed by atoms with Gasteiger partial charge in [0.25, 0.3) is 0 Å². The van der Waals surface area contributed by atoms with Crippen molar-refractivity contribution >= 4 is 19.6 Å². The van der Waals surface area contributed by atoms with Gasteiger partial charge in [0.05, 0.1) is 7.85 Å². The molecule has 0 aromatic rings. The molecule has 0 unspecified atom stereocenters. The fourth-order valence-corrected chi connectivity index (χ4v) is 0. The van der Waals surface area contributed by atoms with Crippen molar-refractivity contribution < 1.29 is 0 Å². The quantitative estimate of drug-likeness (QED) is 0.528. The Balaban J connectivity index is 0. The van der Waals surface area contributed by atoms with Gasteiger partial charge in [0.1, 0.15) is 0 Å². The van der Waals surface area contributed by atoms with Crippen LogP contribution in [0, 0.1) is 5.92 Å². The highest BCUT2D eigenvalue weighted by molar-refractivity contribution is 7.97. The first kappa shape index (κ1) is 13.0. The first-order valence-electron chi connectivity index (χ1n) is 3.55. The van der Waals surface area contributed by atoms with Crippen LogP contribution in [0.3, 0.4) is 0 Å². The number of hydrogen-bond acceptors (Lipinski definition) is 1. The predicted octanol–water partition coefficient (Wildman–Crippen LogP) is 2.99. The van der Waals surface area contributed by atoms with Gasteiger partial charge in [0.15, 0.2) is 0 Å². The molecule has 0 rings (SSSR count). The highest BCUT2D eigenvalue weighted by atomic mass is 32.2. The van der Waals surface area contributed by atoms with Crippen molar-refractivity contribution in [2.75, 3.05) is 12.5 Å². The minimum Gasteiger partial charge on any atom is -0.169 e. The summed E-state index contributed by atoms with van der Waals surface area (Å²) in [5, 5.41) is 0.000000000000000222. The summed E-state index contributed by atoms with van der Waals surface area (Å²) < 4.78 is 0. The van der Waals surface area contributed by atoms with E-state index in [9.17, 15) is 0 Å². The Morgan fingerprint density at radius 3 is 1.30 bits per heavy atom. The Bertz CT molecular complexity index is 64.1. The van der Waals surface area contributed by atoms with Gasteiger partial charge in [-0.05, 0) is 18.4 Å². The van der Waals surface area contributed by atoms with Crippen LogP contribution in [0.4, 0.5) is 0 Å². The molecule has 0 saturated carbocycles. The summed E-state index contributed by atoms with van der Waals surface area (Å²) in [4.78, 5) is 0. The van der Waals surface area contributed by atoms with Crippen LogP contribution < -0.4 is 0 Å². The van der Waals surface area contributed by atoms with Crippen molar-refractivity contribution in [3.05, 3.63) is 0 Å². The van der Waals surface area contributed by atoms with E-state index in [0.717, 1.165) is 0 Å². The van der Waals surface area contributed by atoms with Crippen molar-refractivity contribution in [1.82, 2.24) is 0 Å². The highest BCUT2D eigenvalue weighted by Crippen LogP contribution is 2.28. The predicted molar refractivity (Wildman–Crippen MR) is 54.1 cm³/mol. The maximum absolute atomic E-state index is 5.68. The molecule has 0 fully saturated rings. The van der Waals surface area contributed by atoms with E-state index in [4.69, 9.17) is 7.85 Å². The van der Waals surface area contributed by atoms with Gasteiger partial charge in [-0.3, -0.25) is 0 Å². The monoisotopic (exact) mass is 158 g/mol. The van der Waals surface area contributed by atoms with Crippen molar-refractivity contribution in [1.29, 1.82) is 0 Å². The Kier molecular flexibility index (Phi) is 8.01. The summed E-state index contributed by atoms with van der Waals surface area (Å²) in [5.41, 5.74) is 0. The molecule has 60 valence electrons. The van der Waals surface area contributed by atoms with Gasteiger partial charge < -0.3 is 0 Å². The molecule has 0 aliphatic rings. The average molecular weight is 158 g/mol. The van der Waals surface area contributed by atoms with Gasteiger partial charge in [-0.1, -0.05) is 33.0 Å². The zero-order valence-electron chi connectivity index (χ0n) is 8.06. The molecule has 0 heterocycles. The Labute approximate surface area is 71.6 Å². The van der Waals surface area contributed by atoms with E-state index in [2.05, 4.69) is 13.8 Å². The smallest absolute Gasteiger partial charge is 0.0742 e. The van der Waals surface area contributed by atoms with E-state index >= 15 is 0 Å². The Morgan fingerprint density at radius 1 is 1.20 bits per heavy atom. The summed E-state index contributed by atoms with van der Waals surface area (Å²) in [5.74, 6) is 0.576. The lowest BCUT2D eigenvalue weighted by atomic mass is 9.65. The molecule has 0 nitrogen and oxygen atoms in total. The lowest BCUT2D eigenvalue weighted by Crippen LogP contribution is -2.09. The summed E-state index contributed by atoms with van der Waals surface area (Å²) in [7, 11) is 5.68. The maximum Gasteiger partial charge on any atom is 0.0742 e. The molecule has 0 bridgehead atoms. The minimum atomic E-state index is 0.000000000000000222. The standard InChI is InChI=1S/C6H13B.C2H6S/c1-5(2)6(3,4)7;1-3-2/h5H,1-4H3;1-2H3. The van der Waals surface area contributed by atoms with Crippen LogP contribution in [-0.4, -0.2) is 20.4 Å². The zero-order valence-corrected chi connectivity index (χ0v) is 8.88. The molecule has 0 spiro atoms. The van der Waals surface area contributed by atoms with Crippen LogP contribution in [0.1, 0.15) is 27.7 Å². The van der Waals surface area contributed by atoms with Crippen LogP contribution in [-0.2, 0) is 0 Å². The second-order valence-electron chi connectivity index (χ2n) is 3.38. The molecule has 0 N–H and O–H groups in total. The van der Waals surface area contributed by atoms with Crippen molar-refractivity contribution in [2.45, 2.75) is 33.0 Å². The lowest BCUT2D eigenvalue weighted by molar-refractivity contribution is 0.480. The normalized spacial score (nSPS) is 10.7. The highest BCUT2D eigenvalue weighted by Gasteiger charge is 2.13. The maximum atomic E-state index is 5.68. The molecule has 0 aromatic carbocycles. The van der Waals surface area contributed by atoms with E-state index in [-0.39, 0.29) is 5.31 Å². The Morgan fingerprint density at radius 2 is 1.30 bits per heavy atom. The van der Waals surface area contributed by atoms with Gasteiger partial charge in [-0.25, -0.2) is 0 Å². The van der Waals surface area contributed by atoms with Crippen LogP contribution in [0.5, 0.6) is 0 Å². The third kappa shape index (κ3) is 11.2. The first-order chi connectivity index (χ1) is 4.36. The minimum absolute atomic E-state index is 0.000000000000000222. The molecular formula is C8H19BS. The summed E-state index contributed by atoms with van der Waals surface area (Å²) in [6.07, 6.45) is 4.08. The molecule has 2 radical (unpaired) electrons. The molecule has 0 atom stereocenters. The van der Waals surface area contributed by atoms with Crippen molar-refractivity contribution in [3.63, 3.8) is 0 Å². The van der Waals surface area contributed by atoms with Crippen LogP contribution >= 0.6 is 11.8 Å². The van der Waals surface area contributed by atoms with E-state index in [0.29, 0.717) is 5.92 Å². The number of thioether (sulfide) groups is 1. The van der Waals surface area contributed by atoms with Gasteiger partial charge in [0.2, 0.25) is 0 Å². The van der Waals surface area contributed by atoms with Gasteiger partial charge in [-0.15, -0.1) is 0 Å². The lowest BCUT2D eigenvalue weighted by Gasteiger charge is -2.23. The van der Waals surface area contributed by atoms with Crippen molar-refractivity contribution in [2.24, 2.45) is 5.92 Å². The molecular weight excluding hydrogens is 139 g/mol. The molecule has 10 heavy (non-hydrogen) atoms. The summed E-state index contributed by atoms with van der Waals surface area (Å²) in [6, 6.07) is 0. The molecule has 0 aromatic heterocycles. The first-order valence-corrected chi connectivity index (χ1v) is 5.18.